The Balaban J connectivity index is 2.60. The normalized spacial score (nSPS) is 11.9. The lowest BCUT2D eigenvalue weighted by molar-refractivity contribution is -0.126. The summed E-state index contributed by atoms with van der Waals surface area (Å²) in [5.74, 6) is 1.02. The molecule has 0 fully saturated rings. The van der Waals surface area contributed by atoms with Crippen LogP contribution in [-0.2, 0) is 17.6 Å². The smallest absolute Gasteiger partial charge is 0.138 e. The van der Waals surface area contributed by atoms with E-state index in [9.17, 15) is 4.79 Å². The van der Waals surface area contributed by atoms with E-state index in [4.69, 9.17) is 0 Å². The number of ketones is 1. The van der Waals surface area contributed by atoms with E-state index in [1.54, 1.807) is 0 Å². The number of carbonyl (C=O) groups is 1. The van der Waals surface area contributed by atoms with Gasteiger partial charge in [0.1, 0.15) is 5.78 Å². The molecule has 0 aliphatic rings. The number of rotatable bonds is 5. The first-order valence-electron chi connectivity index (χ1n) is 6.90. The molecule has 1 heteroatoms. The molecule has 0 atom stereocenters. The van der Waals surface area contributed by atoms with Crippen molar-refractivity contribution in [3.05, 3.63) is 35.4 Å². The number of hydrogen-bond acceptors (Lipinski definition) is 1. The van der Waals surface area contributed by atoms with Crippen LogP contribution in [0, 0.1) is 11.3 Å². The lowest BCUT2D eigenvalue weighted by Gasteiger charge is -2.16. The van der Waals surface area contributed by atoms with Crippen molar-refractivity contribution in [1.29, 1.82) is 0 Å². The van der Waals surface area contributed by atoms with E-state index in [0.717, 1.165) is 12.8 Å². The fourth-order valence-corrected chi connectivity index (χ4v) is 2.02. The van der Waals surface area contributed by atoms with E-state index in [0.29, 0.717) is 18.1 Å². The van der Waals surface area contributed by atoms with E-state index in [1.165, 1.54) is 11.1 Å². The summed E-state index contributed by atoms with van der Waals surface area (Å²) in [6.07, 6.45) is 2.62. The number of hydrogen-bond donors (Lipinski definition) is 0. The van der Waals surface area contributed by atoms with Crippen LogP contribution in [0.1, 0.15) is 52.2 Å². The molecule has 1 nitrogen and oxygen atoms in total. The molecule has 1 aromatic rings. The van der Waals surface area contributed by atoms with Crippen molar-refractivity contribution in [1.82, 2.24) is 0 Å². The Labute approximate surface area is 112 Å². The fraction of sp³-hybridized carbons (Fsp3) is 0.588. The number of aryl methyl sites for hydroxylation is 1. The standard InChI is InChI=1S/C17H26O/c1-13(2)11-15-8-6-7-14(12-15)9-10-16(18)17(3,4)5/h6-8,12-13H,9-11H2,1-5H3. The van der Waals surface area contributed by atoms with Crippen LogP contribution < -0.4 is 0 Å². The molecule has 0 aliphatic carbocycles. The van der Waals surface area contributed by atoms with Crippen LogP contribution in [0.15, 0.2) is 24.3 Å². The second-order valence-electron chi connectivity index (χ2n) is 6.59. The topological polar surface area (TPSA) is 17.1 Å². The Hall–Kier alpha value is -1.11. The first-order valence-corrected chi connectivity index (χ1v) is 6.90. The van der Waals surface area contributed by atoms with E-state index in [1.807, 2.05) is 20.8 Å². The monoisotopic (exact) mass is 246 g/mol. The van der Waals surface area contributed by atoms with Gasteiger partial charge in [-0.1, -0.05) is 58.9 Å². The summed E-state index contributed by atoms with van der Waals surface area (Å²) < 4.78 is 0. The average Bonchev–Trinajstić information content (AvgIpc) is 2.24. The SMILES string of the molecule is CC(C)Cc1cccc(CCC(=O)C(C)(C)C)c1. The van der Waals surface area contributed by atoms with Gasteiger partial charge in [-0.3, -0.25) is 4.79 Å². The van der Waals surface area contributed by atoms with Gasteiger partial charge in [-0.05, 0) is 29.9 Å². The Morgan fingerprint density at radius 3 is 2.33 bits per heavy atom. The van der Waals surface area contributed by atoms with Gasteiger partial charge < -0.3 is 0 Å². The van der Waals surface area contributed by atoms with Gasteiger partial charge in [0.2, 0.25) is 0 Å². The molecule has 0 saturated heterocycles. The molecule has 0 bridgehead atoms. The summed E-state index contributed by atoms with van der Waals surface area (Å²) in [5.41, 5.74) is 2.45. The minimum Gasteiger partial charge on any atom is -0.299 e. The Morgan fingerprint density at radius 1 is 1.17 bits per heavy atom. The van der Waals surface area contributed by atoms with Gasteiger partial charge in [0, 0.05) is 11.8 Å². The van der Waals surface area contributed by atoms with Crippen LogP contribution in [0.3, 0.4) is 0 Å². The molecule has 0 N–H and O–H groups in total. The zero-order valence-electron chi connectivity index (χ0n) is 12.4. The first kappa shape index (κ1) is 14.9. The molecular formula is C17H26O. The molecule has 0 spiro atoms. The Bertz CT molecular complexity index is 396. The Morgan fingerprint density at radius 2 is 1.78 bits per heavy atom. The van der Waals surface area contributed by atoms with E-state index in [-0.39, 0.29) is 5.41 Å². The van der Waals surface area contributed by atoms with Crippen molar-refractivity contribution in [3.63, 3.8) is 0 Å². The number of carbonyl (C=O) groups excluding carboxylic acids is 1. The molecule has 0 heterocycles. The van der Waals surface area contributed by atoms with Crippen LogP contribution >= 0.6 is 0 Å². The summed E-state index contributed by atoms with van der Waals surface area (Å²) in [6.45, 7) is 10.4. The Kier molecular flexibility index (Phi) is 5.13. The minimum atomic E-state index is -0.213. The van der Waals surface area contributed by atoms with Crippen LogP contribution in [-0.4, -0.2) is 5.78 Å². The van der Waals surface area contributed by atoms with Crippen molar-refractivity contribution < 1.29 is 4.79 Å². The molecule has 0 aliphatic heterocycles. The summed E-state index contributed by atoms with van der Waals surface area (Å²) >= 11 is 0. The predicted molar refractivity (Wildman–Crippen MR) is 77.8 cm³/mol. The molecule has 1 aromatic carbocycles. The summed E-state index contributed by atoms with van der Waals surface area (Å²) in [6, 6.07) is 8.65. The summed E-state index contributed by atoms with van der Waals surface area (Å²) in [7, 11) is 0. The van der Waals surface area contributed by atoms with E-state index in [2.05, 4.69) is 38.1 Å². The number of benzene rings is 1. The molecule has 100 valence electrons. The van der Waals surface area contributed by atoms with Crippen molar-refractivity contribution >= 4 is 5.78 Å². The molecule has 1 rings (SSSR count). The first-order chi connectivity index (χ1) is 8.29. The van der Waals surface area contributed by atoms with Crippen LogP contribution in [0.25, 0.3) is 0 Å². The summed E-state index contributed by atoms with van der Waals surface area (Å²) in [4.78, 5) is 11.9. The third-order valence-electron chi connectivity index (χ3n) is 3.11. The predicted octanol–water partition coefficient (Wildman–Crippen LogP) is 4.43. The van der Waals surface area contributed by atoms with Crippen molar-refractivity contribution in [2.75, 3.05) is 0 Å². The molecule has 0 amide bonds. The zero-order valence-corrected chi connectivity index (χ0v) is 12.4. The van der Waals surface area contributed by atoms with Gasteiger partial charge in [-0.15, -0.1) is 0 Å². The van der Waals surface area contributed by atoms with Gasteiger partial charge in [0.15, 0.2) is 0 Å². The lowest BCUT2D eigenvalue weighted by Crippen LogP contribution is -2.20. The maximum Gasteiger partial charge on any atom is 0.138 e. The fourth-order valence-electron chi connectivity index (χ4n) is 2.02. The van der Waals surface area contributed by atoms with Crippen molar-refractivity contribution in [3.8, 4) is 0 Å². The third kappa shape index (κ3) is 5.03. The largest absolute Gasteiger partial charge is 0.299 e. The highest BCUT2D eigenvalue weighted by atomic mass is 16.1. The molecule has 18 heavy (non-hydrogen) atoms. The molecule has 0 saturated carbocycles. The van der Waals surface area contributed by atoms with E-state index < -0.39 is 0 Å². The molecule has 0 unspecified atom stereocenters. The average molecular weight is 246 g/mol. The highest BCUT2D eigenvalue weighted by Gasteiger charge is 2.20. The van der Waals surface area contributed by atoms with Gasteiger partial charge in [0.05, 0.1) is 0 Å². The third-order valence-corrected chi connectivity index (χ3v) is 3.11. The lowest BCUT2D eigenvalue weighted by atomic mass is 9.87. The summed E-state index contributed by atoms with van der Waals surface area (Å²) in [5, 5.41) is 0. The van der Waals surface area contributed by atoms with Gasteiger partial charge in [-0.2, -0.15) is 0 Å². The van der Waals surface area contributed by atoms with Crippen molar-refractivity contribution in [2.45, 2.75) is 53.9 Å². The van der Waals surface area contributed by atoms with Gasteiger partial charge in [-0.25, -0.2) is 0 Å². The highest BCUT2D eigenvalue weighted by molar-refractivity contribution is 5.83. The van der Waals surface area contributed by atoms with E-state index >= 15 is 0 Å². The maximum absolute atomic E-state index is 11.9. The van der Waals surface area contributed by atoms with Crippen LogP contribution in [0.5, 0.6) is 0 Å². The molecule has 0 radical (unpaired) electrons. The van der Waals surface area contributed by atoms with Crippen LogP contribution in [0.4, 0.5) is 0 Å². The van der Waals surface area contributed by atoms with Gasteiger partial charge in [0.25, 0.3) is 0 Å². The minimum absolute atomic E-state index is 0.213. The highest BCUT2D eigenvalue weighted by Crippen LogP contribution is 2.19. The second kappa shape index (κ2) is 6.17. The second-order valence-corrected chi connectivity index (χ2v) is 6.59. The molecular weight excluding hydrogens is 220 g/mol. The van der Waals surface area contributed by atoms with Crippen LogP contribution in [0.2, 0.25) is 0 Å². The maximum atomic E-state index is 11.9. The molecule has 0 aromatic heterocycles. The zero-order chi connectivity index (χ0) is 13.8. The van der Waals surface area contributed by atoms with Gasteiger partial charge >= 0.3 is 0 Å². The number of Topliss-reactive ketones (excluding diaryl/α,β-unsaturated/α-hetero) is 1. The quantitative estimate of drug-likeness (QED) is 0.751. The van der Waals surface area contributed by atoms with Crippen molar-refractivity contribution in [2.24, 2.45) is 11.3 Å².